The number of benzene rings is 1. The molecular weight excluding hydrogens is 312 g/mol. The summed E-state index contributed by atoms with van der Waals surface area (Å²) in [7, 11) is 3.56. The van der Waals surface area contributed by atoms with Crippen molar-refractivity contribution in [3.05, 3.63) is 28.8 Å². The number of amides is 1. The average Bonchev–Trinajstić information content (AvgIpc) is 2.84. The van der Waals surface area contributed by atoms with E-state index in [2.05, 4.69) is 12.1 Å². The van der Waals surface area contributed by atoms with Gasteiger partial charge in [0.2, 0.25) is 5.91 Å². The van der Waals surface area contributed by atoms with Gasteiger partial charge in [0.15, 0.2) is 0 Å². The van der Waals surface area contributed by atoms with E-state index >= 15 is 0 Å². The molecule has 0 radical (unpaired) electrons. The predicted molar refractivity (Wildman–Crippen MR) is 96.1 cm³/mol. The second-order valence-electron chi connectivity index (χ2n) is 6.57. The second kappa shape index (κ2) is 8.55. The zero-order chi connectivity index (χ0) is 16.3. The van der Waals surface area contributed by atoms with Gasteiger partial charge in [0.05, 0.1) is 7.11 Å². The fourth-order valence-electron chi connectivity index (χ4n) is 3.51. The normalized spacial score (nSPS) is 20.0. The first-order valence-electron chi connectivity index (χ1n) is 8.06. The molecule has 5 heteroatoms. The monoisotopic (exact) mass is 340 g/mol. The lowest BCUT2D eigenvalue weighted by Gasteiger charge is -2.22. The minimum Gasteiger partial charge on any atom is -0.496 e. The van der Waals surface area contributed by atoms with Crippen molar-refractivity contribution >= 4 is 18.3 Å². The van der Waals surface area contributed by atoms with Crippen molar-refractivity contribution in [3.63, 3.8) is 0 Å². The van der Waals surface area contributed by atoms with Gasteiger partial charge >= 0.3 is 0 Å². The Morgan fingerprint density at radius 1 is 1.30 bits per heavy atom. The Hall–Kier alpha value is -1.26. The van der Waals surface area contributed by atoms with Crippen molar-refractivity contribution in [1.29, 1.82) is 0 Å². The van der Waals surface area contributed by atoms with Gasteiger partial charge in [0, 0.05) is 26.1 Å². The van der Waals surface area contributed by atoms with Crippen LogP contribution in [0, 0.1) is 19.8 Å². The number of nitrogens with two attached hydrogens (primary N) is 1. The summed E-state index contributed by atoms with van der Waals surface area (Å²) in [6.07, 6.45) is 3.87. The van der Waals surface area contributed by atoms with Gasteiger partial charge in [-0.05, 0) is 49.3 Å². The lowest BCUT2D eigenvalue weighted by atomic mass is 9.99. The number of hydrogen-bond acceptors (Lipinski definition) is 3. The number of aryl methyl sites for hydroxylation is 2. The molecular formula is C18H29ClN2O2. The Labute approximate surface area is 145 Å². The van der Waals surface area contributed by atoms with Crippen LogP contribution in [-0.2, 0) is 11.3 Å². The van der Waals surface area contributed by atoms with E-state index in [1.54, 1.807) is 7.11 Å². The van der Waals surface area contributed by atoms with Gasteiger partial charge < -0.3 is 15.4 Å². The number of carbonyl (C=O) groups excluding carboxylic acids is 1. The summed E-state index contributed by atoms with van der Waals surface area (Å²) in [4.78, 5) is 14.2. The Bertz CT molecular complexity index is 525. The fourth-order valence-corrected chi connectivity index (χ4v) is 3.51. The van der Waals surface area contributed by atoms with Crippen LogP contribution >= 0.6 is 12.4 Å². The van der Waals surface area contributed by atoms with Crippen LogP contribution in [0.3, 0.4) is 0 Å². The molecule has 1 aromatic carbocycles. The van der Waals surface area contributed by atoms with E-state index in [9.17, 15) is 4.79 Å². The molecule has 0 saturated heterocycles. The minimum atomic E-state index is 0. The molecule has 23 heavy (non-hydrogen) atoms. The van der Waals surface area contributed by atoms with Crippen LogP contribution in [0.4, 0.5) is 0 Å². The molecule has 2 N–H and O–H groups in total. The number of carbonyl (C=O) groups is 1. The van der Waals surface area contributed by atoms with Crippen LogP contribution in [-0.4, -0.2) is 31.0 Å². The highest BCUT2D eigenvalue weighted by atomic mass is 35.5. The van der Waals surface area contributed by atoms with Crippen LogP contribution in [0.5, 0.6) is 5.75 Å². The molecule has 0 heterocycles. The molecule has 1 fully saturated rings. The standard InChI is InChI=1S/C18H28N2O2.ClH/c1-12-8-14(9-13(2)18(12)22-4)11-20(3)17(21)10-15-6-5-7-16(15)19;/h8-9,15-16H,5-7,10-11,19H2,1-4H3;1H/t15-,16+;/m0./s1. The molecule has 0 bridgehead atoms. The molecule has 130 valence electrons. The highest BCUT2D eigenvalue weighted by Gasteiger charge is 2.27. The Balaban J connectivity index is 0.00000264. The Kier molecular flexibility index (Phi) is 7.36. The number of nitrogens with zero attached hydrogens (tertiary/aromatic N) is 1. The SMILES string of the molecule is COc1c(C)cc(CN(C)C(=O)C[C@@H]2CCC[C@H]2N)cc1C.Cl. The largest absolute Gasteiger partial charge is 0.496 e. The van der Waals surface area contributed by atoms with Crippen LogP contribution in [0.15, 0.2) is 12.1 Å². The van der Waals surface area contributed by atoms with E-state index in [1.807, 2.05) is 25.8 Å². The molecule has 0 unspecified atom stereocenters. The van der Waals surface area contributed by atoms with Gasteiger partial charge in [-0.1, -0.05) is 18.6 Å². The Morgan fingerprint density at radius 3 is 2.39 bits per heavy atom. The summed E-state index contributed by atoms with van der Waals surface area (Å²) < 4.78 is 5.39. The summed E-state index contributed by atoms with van der Waals surface area (Å²) in [5, 5.41) is 0. The molecule has 1 amide bonds. The third-order valence-electron chi connectivity index (χ3n) is 4.72. The van der Waals surface area contributed by atoms with Gasteiger partial charge in [-0.15, -0.1) is 12.4 Å². The van der Waals surface area contributed by atoms with Gasteiger partial charge in [0.25, 0.3) is 0 Å². The maximum absolute atomic E-state index is 12.4. The van der Waals surface area contributed by atoms with Gasteiger partial charge in [-0.3, -0.25) is 4.79 Å². The smallest absolute Gasteiger partial charge is 0.222 e. The van der Waals surface area contributed by atoms with Crippen LogP contribution in [0.2, 0.25) is 0 Å². The van der Waals surface area contributed by atoms with Gasteiger partial charge in [-0.25, -0.2) is 0 Å². The maximum atomic E-state index is 12.4. The van der Waals surface area contributed by atoms with E-state index in [-0.39, 0.29) is 24.4 Å². The van der Waals surface area contributed by atoms with Crippen molar-refractivity contribution < 1.29 is 9.53 Å². The molecule has 1 saturated carbocycles. The quantitative estimate of drug-likeness (QED) is 0.895. The van der Waals surface area contributed by atoms with Crippen molar-refractivity contribution in [2.75, 3.05) is 14.2 Å². The topological polar surface area (TPSA) is 55.6 Å². The lowest BCUT2D eigenvalue weighted by Crippen LogP contribution is -2.32. The lowest BCUT2D eigenvalue weighted by molar-refractivity contribution is -0.131. The van der Waals surface area contributed by atoms with Gasteiger partial charge in [-0.2, -0.15) is 0 Å². The molecule has 1 aliphatic rings. The van der Waals surface area contributed by atoms with Gasteiger partial charge in [0.1, 0.15) is 5.75 Å². The highest BCUT2D eigenvalue weighted by Crippen LogP contribution is 2.28. The van der Waals surface area contributed by atoms with Crippen LogP contribution in [0.1, 0.15) is 42.4 Å². The number of methoxy groups -OCH3 is 1. The Morgan fingerprint density at radius 2 is 1.91 bits per heavy atom. The number of halogens is 1. The van der Waals surface area contributed by atoms with Crippen molar-refractivity contribution in [2.24, 2.45) is 11.7 Å². The predicted octanol–water partition coefficient (Wildman–Crippen LogP) is 3.21. The van der Waals surface area contributed by atoms with Crippen molar-refractivity contribution in [2.45, 2.75) is 52.1 Å². The zero-order valence-electron chi connectivity index (χ0n) is 14.6. The van der Waals surface area contributed by atoms with Crippen molar-refractivity contribution in [3.8, 4) is 5.75 Å². The molecule has 2 rings (SSSR count). The number of ether oxygens (including phenoxy) is 1. The molecule has 0 aliphatic heterocycles. The molecule has 0 aromatic heterocycles. The number of rotatable bonds is 5. The summed E-state index contributed by atoms with van der Waals surface area (Å²) in [6.45, 7) is 4.70. The molecule has 0 spiro atoms. The molecule has 2 atom stereocenters. The first kappa shape index (κ1) is 19.8. The van der Waals surface area contributed by atoms with E-state index in [4.69, 9.17) is 10.5 Å². The third-order valence-corrected chi connectivity index (χ3v) is 4.72. The molecule has 1 aromatic rings. The van der Waals surface area contributed by atoms with E-state index in [1.165, 1.54) is 0 Å². The van der Waals surface area contributed by atoms with Crippen molar-refractivity contribution in [1.82, 2.24) is 4.90 Å². The third kappa shape index (κ3) is 4.85. The summed E-state index contributed by atoms with van der Waals surface area (Å²) in [5.41, 5.74) is 9.42. The van der Waals surface area contributed by atoms with Crippen LogP contribution < -0.4 is 10.5 Å². The van der Waals surface area contributed by atoms with Crippen LogP contribution in [0.25, 0.3) is 0 Å². The first-order valence-corrected chi connectivity index (χ1v) is 8.06. The average molecular weight is 341 g/mol. The molecule has 1 aliphatic carbocycles. The van der Waals surface area contributed by atoms with E-state index < -0.39 is 0 Å². The maximum Gasteiger partial charge on any atom is 0.222 e. The minimum absolute atomic E-state index is 0. The highest BCUT2D eigenvalue weighted by molar-refractivity contribution is 5.85. The first-order chi connectivity index (χ1) is 10.4. The second-order valence-corrected chi connectivity index (χ2v) is 6.57. The summed E-state index contributed by atoms with van der Waals surface area (Å²) in [5.74, 6) is 1.47. The summed E-state index contributed by atoms with van der Waals surface area (Å²) in [6, 6.07) is 4.39. The number of hydrogen-bond donors (Lipinski definition) is 1. The zero-order valence-corrected chi connectivity index (χ0v) is 15.4. The summed E-state index contributed by atoms with van der Waals surface area (Å²) >= 11 is 0. The van der Waals surface area contributed by atoms with E-state index in [0.717, 1.165) is 41.7 Å². The van der Waals surface area contributed by atoms with E-state index in [0.29, 0.717) is 18.9 Å². The fraction of sp³-hybridized carbons (Fsp3) is 0.611. The molecule has 4 nitrogen and oxygen atoms in total.